The minimum atomic E-state index is -0.529. The average Bonchev–Trinajstić information content (AvgIpc) is 2.29. The van der Waals surface area contributed by atoms with E-state index in [0.717, 1.165) is 5.56 Å². The molecule has 2 N–H and O–H groups in total. The number of hydrogen-bond donors (Lipinski definition) is 1. The van der Waals surface area contributed by atoms with E-state index in [1.165, 1.54) is 23.9 Å². The Balaban J connectivity index is 2.30. The molecule has 0 spiro atoms. The van der Waals surface area contributed by atoms with Crippen LogP contribution in [0.2, 0.25) is 5.02 Å². The predicted molar refractivity (Wildman–Crippen MR) is 66.7 cm³/mol. The minimum Gasteiger partial charge on any atom is -0.398 e. The maximum absolute atomic E-state index is 13.1. The first-order chi connectivity index (χ1) is 8.06. The van der Waals surface area contributed by atoms with Gasteiger partial charge in [0.05, 0.1) is 5.02 Å². The average molecular weight is 270 g/mol. The number of benzene rings is 1. The lowest BCUT2D eigenvalue weighted by atomic mass is 10.3. The first kappa shape index (κ1) is 12.1. The van der Waals surface area contributed by atoms with Crippen LogP contribution in [-0.2, 0) is 0 Å². The number of nitrogen functional groups attached to an aromatic ring is 1. The van der Waals surface area contributed by atoms with Crippen LogP contribution in [0.25, 0.3) is 0 Å². The normalized spacial score (nSPS) is 10.5. The van der Waals surface area contributed by atoms with Crippen molar-refractivity contribution in [3.05, 3.63) is 40.9 Å². The summed E-state index contributed by atoms with van der Waals surface area (Å²) in [5, 5.41) is 0.582. The summed E-state index contributed by atoms with van der Waals surface area (Å²) in [4.78, 5) is 8.89. The Kier molecular flexibility index (Phi) is 3.49. The van der Waals surface area contributed by atoms with Gasteiger partial charge in [-0.3, -0.25) is 0 Å². The van der Waals surface area contributed by atoms with Crippen molar-refractivity contribution in [1.29, 1.82) is 0 Å². The maximum atomic E-state index is 13.1. The third-order valence-corrected chi connectivity index (χ3v) is 3.27. The van der Waals surface area contributed by atoms with Crippen LogP contribution in [0.3, 0.4) is 0 Å². The van der Waals surface area contributed by atoms with Crippen LogP contribution in [0.1, 0.15) is 5.56 Å². The van der Waals surface area contributed by atoms with Crippen LogP contribution in [0, 0.1) is 12.7 Å². The molecule has 0 unspecified atom stereocenters. The quantitative estimate of drug-likeness (QED) is 0.671. The third-order valence-electron chi connectivity index (χ3n) is 2.01. The highest BCUT2D eigenvalue weighted by molar-refractivity contribution is 7.99. The van der Waals surface area contributed by atoms with Gasteiger partial charge in [0.15, 0.2) is 5.16 Å². The van der Waals surface area contributed by atoms with Gasteiger partial charge in [0.2, 0.25) is 0 Å². The van der Waals surface area contributed by atoms with E-state index in [-0.39, 0.29) is 5.02 Å². The molecule has 2 aromatic rings. The molecule has 0 bridgehead atoms. The fourth-order valence-electron chi connectivity index (χ4n) is 1.16. The zero-order valence-electron chi connectivity index (χ0n) is 8.95. The summed E-state index contributed by atoms with van der Waals surface area (Å²) in [5.41, 5.74) is 6.99. The molecule has 0 fully saturated rings. The summed E-state index contributed by atoms with van der Waals surface area (Å²) in [7, 11) is 0. The Bertz CT molecular complexity index is 545. The van der Waals surface area contributed by atoms with Crippen molar-refractivity contribution in [2.75, 3.05) is 5.73 Å². The molecule has 17 heavy (non-hydrogen) atoms. The SMILES string of the molecule is Cc1cnc(Sc2cc(Cl)c(F)cc2N)nc1. The molecule has 6 heteroatoms. The molecular weight excluding hydrogens is 261 g/mol. The fraction of sp³-hybridized carbons (Fsp3) is 0.0909. The second-order valence-corrected chi connectivity index (χ2v) is 4.87. The number of anilines is 1. The second kappa shape index (κ2) is 4.89. The van der Waals surface area contributed by atoms with E-state index in [2.05, 4.69) is 9.97 Å². The van der Waals surface area contributed by atoms with Crippen LogP contribution in [0.4, 0.5) is 10.1 Å². The van der Waals surface area contributed by atoms with Gasteiger partial charge in [-0.2, -0.15) is 0 Å². The molecule has 2 rings (SSSR count). The molecule has 0 radical (unpaired) electrons. The fourth-order valence-corrected chi connectivity index (χ4v) is 2.15. The van der Waals surface area contributed by atoms with E-state index in [1.807, 2.05) is 6.92 Å². The van der Waals surface area contributed by atoms with Gasteiger partial charge in [-0.25, -0.2) is 14.4 Å². The molecule has 1 aromatic heterocycles. The predicted octanol–water partition coefficient (Wildman–Crippen LogP) is 3.31. The Morgan fingerprint density at radius 3 is 2.59 bits per heavy atom. The molecule has 3 nitrogen and oxygen atoms in total. The lowest BCUT2D eigenvalue weighted by molar-refractivity contribution is 0.628. The molecule has 0 aliphatic heterocycles. The molecule has 0 saturated carbocycles. The van der Waals surface area contributed by atoms with Crippen LogP contribution >= 0.6 is 23.4 Å². The smallest absolute Gasteiger partial charge is 0.192 e. The summed E-state index contributed by atoms with van der Waals surface area (Å²) in [6.45, 7) is 1.90. The van der Waals surface area contributed by atoms with Crippen molar-refractivity contribution in [1.82, 2.24) is 9.97 Å². The van der Waals surface area contributed by atoms with Crippen molar-refractivity contribution in [3.63, 3.8) is 0 Å². The number of halogens is 2. The molecule has 0 aliphatic rings. The molecule has 1 aromatic carbocycles. The van der Waals surface area contributed by atoms with Crippen LogP contribution in [0.5, 0.6) is 0 Å². The summed E-state index contributed by atoms with van der Waals surface area (Å²) >= 11 is 6.94. The van der Waals surface area contributed by atoms with E-state index in [0.29, 0.717) is 15.7 Å². The zero-order chi connectivity index (χ0) is 12.4. The molecule has 88 valence electrons. The lowest BCUT2D eigenvalue weighted by Gasteiger charge is -2.05. The zero-order valence-corrected chi connectivity index (χ0v) is 10.5. The standard InChI is InChI=1S/C11H9ClFN3S/c1-6-4-15-11(16-5-6)17-10-2-7(12)8(13)3-9(10)14/h2-5H,14H2,1H3. The van der Waals surface area contributed by atoms with E-state index in [1.54, 1.807) is 12.4 Å². The third kappa shape index (κ3) is 2.87. The molecule has 0 saturated heterocycles. The van der Waals surface area contributed by atoms with Crippen molar-refractivity contribution in [2.24, 2.45) is 0 Å². The van der Waals surface area contributed by atoms with Gasteiger partial charge in [0, 0.05) is 23.0 Å². The highest BCUT2D eigenvalue weighted by Crippen LogP contribution is 2.33. The van der Waals surface area contributed by atoms with E-state index < -0.39 is 5.82 Å². The highest BCUT2D eigenvalue weighted by Gasteiger charge is 2.09. The van der Waals surface area contributed by atoms with Gasteiger partial charge in [0.1, 0.15) is 5.82 Å². The number of nitrogens with zero attached hydrogens (tertiary/aromatic N) is 2. The minimum absolute atomic E-state index is 0.0359. The van der Waals surface area contributed by atoms with Crippen LogP contribution in [-0.4, -0.2) is 9.97 Å². The van der Waals surface area contributed by atoms with Crippen molar-refractivity contribution in [3.8, 4) is 0 Å². The van der Waals surface area contributed by atoms with E-state index >= 15 is 0 Å². The van der Waals surface area contributed by atoms with Crippen molar-refractivity contribution < 1.29 is 4.39 Å². The molecule has 0 atom stereocenters. The first-order valence-electron chi connectivity index (χ1n) is 4.77. The Morgan fingerprint density at radius 2 is 1.94 bits per heavy atom. The number of aryl methyl sites for hydroxylation is 1. The van der Waals surface area contributed by atoms with E-state index in [4.69, 9.17) is 17.3 Å². The lowest BCUT2D eigenvalue weighted by Crippen LogP contribution is -1.93. The van der Waals surface area contributed by atoms with Gasteiger partial charge < -0.3 is 5.73 Å². The first-order valence-corrected chi connectivity index (χ1v) is 5.97. The largest absolute Gasteiger partial charge is 0.398 e. The molecule has 0 amide bonds. The number of rotatable bonds is 2. The monoisotopic (exact) mass is 269 g/mol. The Morgan fingerprint density at radius 1 is 1.29 bits per heavy atom. The second-order valence-electron chi connectivity index (χ2n) is 3.45. The highest BCUT2D eigenvalue weighted by atomic mass is 35.5. The summed E-state index contributed by atoms with van der Waals surface area (Å²) in [6, 6.07) is 2.67. The maximum Gasteiger partial charge on any atom is 0.192 e. The van der Waals surface area contributed by atoms with Gasteiger partial charge in [0.25, 0.3) is 0 Å². The van der Waals surface area contributed by atoms with Gasteiger partial charge in [-0.05, 0) is 36.4 Å². The van der Waals surface area contributed by atoms with E-state index in [9.17, 15) is 4.39 Å². The van der Waals surface area contributed by atoms with Crippen LogP contribution in [0.15, 0.2) is 34.6 Å². The summed E-state index contributed by atoms with van der Waals surface area (Å²) in [6.07, 6.45) is 3.41. The van der Waals surface area contributed by atoms with Crippen molar-refractivity contribution >= 4 is 29.1 Å². The summed E-state index contributed by atoms with van der Waals surface area (Å²) in [5.74, 6) is -0.529. The Hall–Kier alpha value is -1.33. The van der Waals surface area contributed by atoms with Crippen LogP contribution < -0.4 is 5.73 Å². The number of aromatic nitrogens is 2. The number of hydrogen-bond acceptors (Lipinski definition) is 4. The molecular formula is C11H9ClFN3S. The van der Waals surface area contributed by atoms with Crippen molar-refractivity contribution in [2.45, 2.75) is 17.0 Å². The topological polar surface area (TPSA) is 51.8 Å². The molecule has 0 aliphatic carbocycles. The Labute approximate surface area is 107 Å². The molecule has 1 heterocycles. The van der Waals surface area contributed by atoms with Gasteiger partial charge in [-0.1, -0.05) is 11.6 Å². The number of nitrogens with two attached hydrogens (primary N) is 1. The van der Waals surface area contributed by atoms with Gasteiger partial charge >= 0.3 is 0 Å². The van der Waals surface area contributed by atoms with Gasteiger partial charge in [-0.15, -0.1) is 0 Å². The summed E-state index contributed by atoms with van der Waals surface area (Å²) < 4.78 is 13.1.